The Labute approximate surface area is 107 Å². The van der Waals surface area contributed by atoms with Crippen molar-refractivity contribution in [2.45, 2.75) is 0 Å². The minimum Gasteiger partial charge on any atom is -0.494 e. The number of aromatic nitrogens is 5. The molecule has 90 valence electrons. The van der Waals surface area contributed by atoms with Crippen molar-refractivity contribution in [3.05, 3.63) is 35.7 Å². The number of hydrogen-bond acceptors (Lipinski definition) is 5. The third-order valence-corrected chi connectivity index (χ3v) is 2.66. The van der Waals surface area contributed by atoms with E-state index in [9.17, 15) is 0 Å². The van der Waals surface area contributed by atoms with Crippen LogP contribution in [0.15, 0.2) is 30.5 Å². The average molecular weight is 262 g/mol. The maximum Gasteiger partial charge on any atom is 0.224 e. The summed E-state index contributed by atoms with van der Waals surface area (Å²) in [5.41, 5.74) is 1.86. The number of ether oxygens (including phenoxy) is 1. The van der Waals surface area contributed by atoms with Gasteiger partial charge in [0.05, 0.1) is 13.3 Å². The van der Waals surface area contributed by atoms with Gasteiger partial charge in [0.15, 0.2) is 11.2 Å². The Kier molecular flexibility index (Phi) is 2.56. The molecule has 0 radical (unpaired) electrons. The van der Waals surface area contributed by atoms with Crippen LogP contribution in [0.2, 0.25) is 5.28 Å². The molecule has 0 saturated heterocycles. The fourth-order valence-electron chi connectivity index (χ4n) is 1.67. The molecule has 2 aromatic heterocycles. The fraction of sp³-hybridized carbons (Fsp3) is 0.0909. The van der Waals surface area contributed by atoms with E-state index in [2.05, 4.69) is 20.3 Å². The molecule has 3 aromatic rings. The maximum absolute atomic E-state index is 5.79. The third-order valence-electron chi connectivity index (χ3n) is 2.48. The molecule has 18 heavy (non-hydrogen) atoms. The number of methoxy groups -OCH3 is 1. The number of hydrogen-bond donors (Lipinski definition) is 0. The molecule has 0 spiro atoms. The van der Waals surface area contributed by atoms with Crippen molar-refractivity contribution in [3.63, 3.8) is 0 Å². The van der Waals surface area contributed by atoms with E-state index in [-0.39, 0.29) is 5.28 Å². The second-order valence-corrected chi connectivity index (χ2v) is 3.86. The molecular formula is C11H8ClN5O. The molecule has 7 heteroatoms. The summed E-state index contributed by atoms with van der Waals surface area (Å²) < 4.78 is 6.85. The molecule has 0 N–H and O–H groups in total. The first-order valence-corrected chi connectivity index (χ1v) is 5.55. The summed E-state index contributed by atoms with van der Waals surface area (Å²) in [4.78, 5) is 7.99. The third kappa shape index (κ3) is 1.67. The van der Waals surface area contributed by atoms with Crippen molar-refractivity contribution < 1.29 is 4.74 Å². The number of fused-ring (bicyclic) bond motifs is 1. The van der Waals surface area contributed by atoms with Crippen molar-refractivity contribution >= 4 is 22.8 Å². The van der Waals surface area contributed by atoms with Crippen molar-refractivity contribution in [3.8, 4) is 11.4 Å². The fourth-order valence-corrected chi connectivity index (χ4v) is 1.80. The Balaban J connectivity index is 2.28. The first kappa shape index (κ1) is 10.9. The predicted octanol–water partition coefficient (Wildman–Crippen LogP) is 1.87. The lowest BCUT2D eigenvalue weighted by atomic mass is 10.3. The number of rotatable bonds is 2. The van der Waals surface area contributed by atoms with E-state index < -0.39 is 0 Å². The van der Waals surface area contributed by atoms with E-state index in [0.29, 0.717) is 16.9 Å². The zero-order valence-corrected chi connectivity index (χ0v) is 10.2. The smallest absolute Gasteiger partial charge is 0.224 e. The van der Waals surface area contributed by atoms with Crippen LogP contribution in [0.3, 0.4) is 0 Å². The number of para-hydroxylation sites is 2. The Bertz CT molecular complexity index is 711. The lowest BCUT2D eigenvalue weighted by Gasteiger charge is -2.07. The monoisotopic (exact) mass is 261 g/mol. The highest BCUT2D eigenvalue weighted by atomic mass is 35.5. The van der Waals surface area contributed by atoms with Crippen LogP contribution >= 0.6 is 11.6 Å². The largest absolute Gasteiger partial charge is 0.494 e. The standard InChI is InChI=1S/C11H8ClN5O/c1-18-9-5-3-2-4-8(9)17-10-7(15-16-17)6-13-11(12)14-10/h2-6H,1H3. The highest BCUT2D eigenvalue weighted by Gasteiger charge is 2.12. The van der Waals surface area contributed by atoms with E-state index in [4.69, 9.17) is 16.3 Å². The van der Waals surface area contributed by atoms with E-state index >= 15 is 0 Å². The summed E-state index contributed by atoms with van der Waals surface area (Å²) in [6, 6.07) is 7.46. The molecule has 2 heterocycles. The number of nitrogens with zero attached hydrogens (tertiary/aromatic N) is 5. The van der Waals surface area contributed by atoms with Crippen LogP contribution in [-0.4, -0.2) is 32.1 Å². The van der Waals surface area contributed by atoms with Crippen LogP contribution < -0.4 is 4.74 Å². The molecular weight excluding hydrogens is 254 g/mol. The Morgan fingerprint density at radius 1 is 1.28 bits per heavy atom. The van der Waals surface area contributed by atoms with Gasteiger partial charge in [-0.3, -0.25) is 0 Å². The zero-order valence-electron chi connectivity index (χ0n) is 9.41. The average Bonchev–Trinajstić information content (AvgIpc) is 2.81. The van der Waals surface area contributed by atoms with Crippen LogP contribution in [0.1, 0.15) is 0 Å². The molecule has 0 saturated carbocycles. The number of halogens is 1. The van der Waals surface area contributed by atoms with Crippen LogP contribution in [0, 0.1) is 0 Å². The summed E-state index contributed by atoms with van der Waals surface area (Å²) in [6.45, 7) is 0. The molecule has 0 amide bonds. The van der Waals surface area contributed by atoms with Gasteiger partial charge in [0, 0.05) is 0 Å². The highest BCUT2D eigenvalue weighted by molar-refractivity contribution is 6.28. The summed E-state index contributed by atoms with van der Waals surface area (Å²) in [5, 5.41) is 8.18. The van der Waals surface area contributed by atoms with Crippen molar-refractivity contribution in [2.75, 3.05) is 7.11 Å². The minimum atomic E-state index is 0.154. The topological polar surface area (TPSA) is 65.7 Å². The summed E-state index contributed by atoms with van der Waals surface area (Å²) in [6.07, 6.45) is 1.53. The maximum atomic E-state index is 5.79. The van der Waals surface area contributed by atoms with Gasteiger partial charge in [-0.15, -0.1) is 5.10 Å². The zero-order chi connectivity index (χ0) is 12.5. The lowest BCUT2D eigenvalue weighted by Crippen LogP contribution is -2.01. The van der Waals surface area contributed by atoms with Crippen LogP contribution in [0.25, 0.3) is 16.9 Å². The van der Waals surface area contributed by atoms with E-state index in [1.165, 1.54) is 6.20 Å². The highest BCUT2D eigenvalue weighted by Crippen LogP contribution is 2.23. The molecule has 0 atom stereocenters. The molecule has 3 rings (SSSR count). The van der Waals surface area contributed by atoms with Crippen molar-refractivity contribution in [1.29, 1.82) is 0 Å². The first-order valence-electron chi connectivity index (χ1n) is 5.17. The predicted molar refractivity (Wildman–Crippen MR) is 66.0 cm³/mol. The van der Waals surface area contributed by atoms with Gasteiger partial charge in [-0.05, 0) is 23.7 Å². The normalized spacial score (nSPS) is 10.8. The van der Waals surface area contributed by atoms with Crippen molar-refractivity contribution in [2.24, 2.45) is 0 Å². The van der Waals surface area contributed by atoms with Crippen LogP contribution in [0.4, 0.5) is 0 Å². The quantitative estimate of drug-likeness (QED) is 0.659. The number of benzene rings is 1. The molecule has 0 bridgehead atoms. The summed E-state index contributed by atoms with van der Waals surface area (Å²) in [5.74, 6) is 0.680. The van der Waals surface area contributed by atoms with E-state index in [1.54, 1.807) is 11.8 Å². The Morgan fingerprint density at radius 2 is 2.11 bits per heavy atom. The molecule has 0 aliphatic carbocycles. The van der Waals surface area contributed by atoms with Gasteiger partial charge in [-0.2, -0.15) is 9.67 Å². The Morgan fingerprint density at radius 3 is 2.94 bits per heavy atom. The van der Waals surface area contributed by atoms with Gasteiger partial charge in [0.2, 0.25) is 5.28 Å². The molecule has 1 aromatic carbocycles. The van der Waals surface area contributed by atoms with Gasteiger partial charge in [-0.1, -0.05) is 17.3 Å². The Hall–Kier alpha value is -2.21. The summed E-state index contributed by atoms with van der Waals surface area (Å²) >= 11 is 5.79. The molecule has 0 aliphatic heterocycles. The van der Waals surface area contributed by atoms with E-state index in [1.807, 2.05) is 24.3 Å². The van der Waals surface area contributed by atoms with Crippen LogP contribution in [-0.2, 0) is 0 Å². The van der Waals surface area contributed by atoms with E-state index in [0.717, 1.165) is 5.69 Å². The molecule has 0 unspecified atom stereocenters. The van der Waals surface area contributed by atoms with Gasteiger partial charge in [0.1, 0.15) is 11.4 Å². The SMILES string of the molecule is COc1ccccc1-n1nnc2cnc(Cl)nc21. The van der Waals surface area contributed by atoms with Gasteiger partial charge in [-0.25, -0.2) is 4.98 Å². The molecule has 6 nitrogen and oxygen atoms in total. The summed E-state index contributed by atoms with van der Waals surface area (Å²) in [7, 11) is 1.60. The second kappa shape index (κ2) is 4.23. The van der Waals surface area contributed by atoms with Gasteiger partial charge >= 0.3 is 0 Å². The van der Waals surface area contributed by atoms with Crippen molar-refractivity contribution in [1.82, 2.24) is 25.0 Å². The second-order valence-electron chi connectivity index (χ2n) is 3.52. The first-order chi connectivity index (χ1) is 8.79. The van der Waals surface area contributed by atoms with Crippen LogP contribution in [0.5, 0.6) is 5.75 Å². The lowest BCUT2D eigenvalue weighted by molar-refractivity contribution is 0.411. The van der Waals surface area contributed by atoms with Gasteiger partial charge < -0.3 is 4.74 Å². The molecule has 0 aliphatic rings. The molecule has 0 fully saturated rings. The minimum absolute atomic E-state index is 0.154. The van der Waals surface area contributed by atoms with Gasteiger partial charge in [0.25, 0.3) is 0 Å².